The molecule has 3 aromatic rings. The van der Waals surface area contributed by atoms with Crippen LogP contribution >= 0.6 is 0 Å². The fourth-order valence-corrected chi connectivity index (χ4v) is 5.18. The Kier molecular flexibility index (Phi) is 5.88. The Labute approximate surface area is 217 Å². The number of anilines is 1. The van der Waals surface area contributed by atoms with Gasteiger partial charge in [0.2, 0.25) is 0 Å². The highest BCUT2D eigenvalue weighted by Crippen LogP contribution is 2.38. The molecule has 0 bridgehead atoms. The van der Waals surface area contributed by atoms with Crippen LogP contribution in [-0.2, 0) is 24.1 Å². The number of amides is 1. The molecule has 9 nitrogen and oxygen atoms in total. The molecule has 9 heteroatoms. The van der Waals surface area contributed by atoms with Gasteiger partial charge in [-0.2, -0.15) is 0 Å². The molecule has 1 saturated carbocycles. The zero-order valence-electron chi connectivity index (χ0n) is 22.2. The van der Waals surface area contributed by atoms with E-state index in [-0.39, 0.29) is 6.09 Å². The number of carbonyl (C=O) groups is 1. The van der Waals surface area contributed by atoms with Gasteiger partial charge < -0.3 is 19.1 Å². The van der Waals surface area contributed by atoms with Gasteiger partial charge in [-0.15, -0.1) is 0 Å². The molecular formula is C28H35N7O2. The predicted molar refractivity (Wildman–Crippen MR) is 141 cm³/mol. The van der Waals surface area contributed by atoms with Crippen LogP contribution in [0.2, 0.25) is 0 Å². The summed E-state index contributed by atoms with van der Waals surface area (Å²) >= 11 is 0. The van der Waals surface area contributed by atoms with E-state index in [1.54, 1.807) is 4.90 Å². The fraction of sp³-hybridized carbons (Fsp3) is 0.536. The van der Waals surface area contributed by atoms with E-state index in [0.717, 1.165) is 66.4 Å². The molecule has 0 N–H and O–H groups in total. The molecule has 0 spiro atoms. The van der Waals surface area contributed by atoms with Crippen molar-refractivity contribution in [1.29, 1.82) is 0 Å². The molecule has 2 aliphatic carbocycles. The molecule has 1 aliphatic heterocycles. The summed E-state index contributed by atoms with van der Waals surface area (Å²) in [6.07, 6.45) is 7.67. The van der Waals surface area contributed by atoms with Gasteiger partial charge in [0.25, 0.3) is 0 Å². The van der Waals surface area contributed by atoms with Gasteiger partial charge in [-0.3, -0.25) is 4.98 Å². The number of hydrogen-bond donors (Lipinski definition) is 0. The van der Waals surface area contributed by atoms with E-state index < -0.39 is 5.60 Å². The van der Waals surface area contributed by atoms with Crippen molar-refractivity contribution in [2.45, 2.75) is 65.5 Å². The van der Waals surface area contributed by atoms with Crippen molar-refractivity contribution < 1.29 is 9.53 Å². The van der Waals surface area contributed by atoms with Crippen molar-refractivity contribution in [2.24, 2.45) is 5.92 Å². The fourth-order valence-electron chi connectivity index (χ4n) is 5.18. The third-order valence-electron chi connectivity index (χ3n) is 7.31. The lowest BCUT2D eigenvalue weighted by Crippen LogP contribution is -2.50. The Morgan fingerprint density at radius 3 is 2.51 bits per heavy atom. The number of carbonyl (C=O) groups excluding carboxylic acids is 1. The Bertz CT molecular complexity index is 1310. The van der Waals surface area contributed by atoms with Gasteiger partial charge in [0.1, 0.15) is 17.2 Å². The van der Waals surface area contributed by atoms with Crippen molar-refractivity contribution >= 4 is 11.8 Å². The molecule has 1 amide bonds. The van der Waals surface area contributed by atoms with E-state index in [9.17, 15) is 4.79 Å². The average molecular weight is 502 g/mol. The lowest BCUT2D eigenvalue weighted by Gasteiger charge is -2.36. The summed E-state index contributed by atoms with van der Waals surface area (Å²) in [5.41, 5.74) is 6.06. The highest BCUT2D eigenvalue weighted by atomic mass is 16.6. The second-order valence-electron chi connectivity index (χ2n) is 11.5. The van der Waals surface area contributed by atoms with Crippen molar-refractivity contribution in [3.8, 4) is 11.4 Å². The summed E-state index contributed by atoms with van der Waals surface area (Å²) in [5.74, 6) is 2.66. The highest BCUT2D eigenvalue weighted by molar-refractivity contribution is 5.69. The number of rotatable bonds is 5. The number of aryl methyl sites for hydroxylation is 1. The van der Waals surface area contributed by atoms with Crippen LogP contribution in [0.25, 0.3) is 11.4 Å². The smallest absolute Gasteiger partial charge is 0.410 e. The third kappa shape index (κ3) is 5.04. The lowest BCUT2D eigenvalue weighted by atomic mass is 10.2. The van der Waals surface area contributed by atoms with Crippen molar-refractivity contribution in [3.63, 3.8) is 0 Å². The van der Waals surface area contributed by atoms with Gasteiger partial charge in [-0.25, -0.2) is 19.7 Å². The van der Waals surface area contributed by atoms with Gasteiger partial charge in [-0.05, 0) is 58.6 Å². The molecule has 4 heterocycles. The van der Waals surface area contributed by atoms with E-state index in [2.05, 4.69) is 33.5 Å². The summed E-state index contributed by atoms with van der Waals surface area (Å²) < 4.78 is 7.87. The van der Waals surface area contributed by atoms with E-state index in [4.69, 9.17) is 19.7 Å². The predicted octanol–water partition coefficient (Wildman–Crippen LogP) is 4.01. The normalized spacial score (nSPS) is 17.1. The molecule has 194 valence electrons. The van der Waals surface area contributed by atoms with Crippen LogP contribution in [0.15, 0.2) is 24.5 Å². The largest absolute Gasteiger partial charge is 0.444 e. The van der Waals surface area contributed by atoms with Crippen LogP contribution in [0.4, 0.5) is 10.5 Å². The van der Waals surface area contributed by atoms with E-state index >= 15 is 0 Å². The number of imidazole rings is 1. The van der Waals surface area contributed by atoms with Gasteiger partial charge >= 0.3 is 6.09 Å². The number of pyridine rings is 1. The highest BCUT2D eigenvalue weighted by Gasteiger charge is 2.31. The van der Waals surface area contributed by atoms with Crippen LogP contribution in [-0.4, -0.2) is 67.3 Å². The molecule has 0 unspecified atom stereocenters. The summed E-state index contributed by atoms with van der Waals surface area (Å²) in [6, 6.07) is 4.16. The van der Waals surface area contributed by atoms with Crippen LogP contribution in [0, 0.1) is 12.8 Å². The monoisotopic (exact) mass is 501 g/mol. The van der Waals surface area contributed by atoms with Crippen LogP contribution in [0.3, 0.4) is 0 Å². The van der Waals surface area contributed by atoms with Gasteiger partial charge in [0.15, 0.2) is 0 Å². The number of hydrogen-bond acceptors (Lipinski definition) is 7. The first kappa shape index (κ1) is 23.9. The first-order chi connectivity index (χ1) is 17.7. The Hall–Kier alpha value is -3.49. The second-order valence-corrected chi connectivity index (χ2v) is 11.5. The number of nitrogens with zero attached hydrogens (tertiary/aromatic N) is 7. The van der Waals surface area contributed by atoms with E-state index in [1.807, 2.05) is 33.2 Å². The molecule has 6 rings (SSSR count). The molecule has 0 aromatic carbocycles. The molecule has 3 aliphatic rings. The van der Waals surface area contributed by atoms with Crippen molar-refractivity contribution in [2.75, 3.05) is 31.1 Å². The summed E-state index contributed by atoms with van der Waals surface area (Å²) in [6.45, 7) is 11.6. The SMILES string of the molecule is Cc1nc2c(n1CC1CC1)-c1nc(Cc3ccc(N4CCN(C(=O)OC(C)(C)C)CC4)cn3)ncc1C2. The standard InChI is InChI=1S/C28H35N7O2/c1-18-31-23-13-20-15-30-24(32-25(20)26(23)35(18)17-19-5-6-19)14-21-7-8-22(16-29-21)33-9-11-34(12-10-33)27(36)37-28(2,3)4/h7-8,15-16,19H,5-6,9-14,17H2,1-4H3. The molecular weight excluding hydrogens is 466 g/mol. The van der Waals surface area contributed by atoms with Crippen molar-refractivity contribution in [1.82, 2.24) is 29.4 Å². The Morgan fingerprint density at radius 2 is 1.84 bits per heavy atom. The summed E-state index contributed by atoms with van der Waals surface area (Å²) in [4.78, 5) is 35.6. The Balaban J connectivity index is 1.11. The molecule has 2 fully saturated rings. The third-order valence-corrected chi connectivity index (χ3v) is 7.31. The van der Waals surface area contributed by atoms with Gasteiger partial charge in [0.05, 0.1) is 35.4 Å². The minimum absolute atomic E-state index is 0.243. The van der Waals surface area contributed by atoms with Crippen molar-refractivity contribution in [3.05, 3.63) is 53.1 Å². The number of aromatic nitrogens is 5. The van der Waals surface area contributed by atoms with Crippen LogP contribution in [0.1, 0.15) is 62.2 Å². The van der Waals surface area contributed by atoms with Crippen LogP contribution in [0.5, 0.6) is 0 Å². The van der Waals surface area contributed by atoms with Gasteiger partial charge in [-0.1, -0.05) is 0 Å². The Morgan fingerprint density at radius 1 is 1.05 bits per heavy atom. The molecule has 37 heavy (non-hydrogen) atoms. The molecule has 0 radical (unpaired) electrons. The summed E-state index contributed by atoms with van der Waals surface area (Å²) in [7, 11) is 0. The molecule has 0 atom stereocenters. The number of piperazine rings is 1. The zero-order chi connectivity index (χ0) is 25.7. The first-order valence-corrected chi connectivity index (χ1v) is 13.3. The second kappa shape index (κ2) is 9.11. The molecule has 1 saturated heterocycles. The maximum absolute atomic E-state index is 12.3. The average Bonchev–Trinajstić information content (AvgIpc) is 3.54. The number of fused-ring (bicyclic) bond motifs is 3. The lowest BCUT2D eigenvalue weighted by molar-refractivity contribution is 0.0240. The van der Waals surface area contributed by atoms with E-state index in [1.165, 1.54) is 24.1 Å². The van der Waals surface area contributed by atoms with Crippen LogP contribution < -0.4 is 4.90 Å². The molecule has 3 aromatic heterocycles. The summed E-state index contributed by atoms with van der Waals surface area (Å²) in [5, 5.41) is 0. The zero-order valence-corrected chi connectivity index (χ0v) is 22.2. The quantitative estimate of drug-likeness (QED) is 0.408. The number of ether oxygens (including phenoxy) is 1. The maximum atomic E-state index is 12.3. The van der Waals surface area contributed by atoms with Gasteiger partial charge in [0, 0.05) is 56.6 Å². The maximum Gasteiger partial charge on any atom is 0.410 e. The minimum atomic E-state index is -0.477. The minimum Gasteiger partial charge on any atom is -0.444 e. The topological polar surface area (TPSA) is 89.3 Å². The first-order valence-electron chi connectivity index (χ1n) is 13.3. The van der Waals surface area contributed by atoms with E-state index in [0.29, 0.717) is 19.5 Å².